The smallest absolute Gasteiger partial charge is 0.142 e. The van der Waals surface area contributed by atoms with E-state index in [-0.39, 0.29) is 11.1 Å². The zero-order valence-electron chi connectivity index (χ0n) is 9.64. The maximum absolute atomic E-state index is 13.0. The Morgan fingerprint density at radius 2 is 1.89 bits per heavy atom. The predicted octanol–water partition coefficient (Wildman–Crippen LogP) is 3.56. The molecule has 2 rings (SSSR count). The third-order valence-corrected chi connectivity index (χ3v) is 2.84. The summed E-state index contributed by atoms with van der Waals surface area (Å²) in [6.07, 6.45) is 0. The molecule has 0 aromatic heterocycles. The molecule has 0 spiro atoms. The van der Waals surface area contributed by atoms with Gasteiger partial charge in [-0.2, -0.15) is 0 Å². The molecule has 0 aliphatic carbocycles. The maximum atomic E-state index is 13.0. The number of nitrogens with two attached hydrogens (primary N) is 1. The highest BCUT2D eigenvalue weighted by Crippen LogP contribution is 2.22. The molecule has 0 aliphatic heterocycles. The first kappa shape index (κ1) is 12.9. The summed E-state index contributed by atoms with van der Waals surface area (Å²) >= 11 is 5.66. The molecule has 1 atom stereocenters. The Balaban J connectivity index is 1.97. The molecule has 0 heterocycles. The van der Waals surface area contributed by atoms with Gasteiger partial charge in [0.15, 0.2) is 0 Å². The summed E-state index contributed by atoms with van der Waals surface area (Å²) in [6.45, 7) is 0.311. The van der Waals surface area contributed by atoms with Crippen LogP contribution in [0.15, 0.2) is 48.5 Å². The van der Waals surface area contributed by atoms with Crippen LogP contribution in [0.5, 0.6) is 5.75 Å². The lowest BCUT2D eigenvalue weighted by molar-refractivity contribution is 0.290. The van der Waals surface area contributed by atoms with Crippen molar-refractivity contribution in [3.05, 3.63) is 64.9 Å². The van der Waals surface area contributed by atoms with E-state index in [1.807, 2.05) is 30.3 Å². The van der Waals surface area contributed by atoms with Crippen LogP contribution in [0.25, 0.3) is 0 Å². The van der Waals surface area contributed by atoms with E-state index in [1.165, 1.54) is 18.2 Å². The normalized spacial score (nSPS) is 12.2. The first-order valence-corrected chi connectivity index (χ1v) is 5.93. The molecule has 2 aromatic carbocycles. The fourth-order valence-corrected chi connectivity index (χ4v) is 1.72. The average Bonchev–Trinajstić information content (AvgIpc) is 2.41. The van der Waals surface area contributed by atoms with Crippen molar-refractivity contribution in [1.29, 1.82) is 0 Å². The number of benzene rings is 2. The van der Waals surface area contributed by atoms with Crippen LogP contribution in [0, 0.1) is 5.82 Å². The van der Waals surface area contributed by atoms with E-state index < -0.39 is 5.82 Å². The van der Waals surface area contributed by atoms with Gasteiger partial charge in [-0.1, -0.05) is 41.9 Å². The second kappa shape index (κ2) is 5.85. The van der Waals surface area contributed by atoms with Crippen LogP contribution in [0.4, 0.5) is 4.39 Å². The number of hydrogen-bond acceptors (Lipinski definition) is 2. The van der Waals surface area contributed by atoms with Gasteiger partial charge in [0.1, 0.15) is 18.2 Å². The van der Waals surface area contributed by atoms with Crippen molar-refractivity contribution in [2.24, 2.45) is 5.73 Å². The Hall–Kier alpha value is -1.58. The van der Waals surface area contributed by atoms with Gasteiger partial charge in [0.25, 0.3) is 0 Å². The summed E-state index contributed by atoms with van der Waals surface area (Å²) in [6, 6.07) is 13.6. The molecule has 0 fully saturated rings. The van der Waals surface area contributed by atoms with Crippen molar-refractivity contribution in [2.75, 3.05) is 6.61 Å². The van der Waals surface area contributed by atoms with Crippen molar-refractivity contribution in [2.45, 2.75) is 6.04 Å². The Morgan fingerprint density at radius 3 is 2.56 bits per heavy atom. The van der Waals surface area contributed by atoms with E-state index in [2.05, 4.69) is 0 Å². The van der Waals surface area contributed by atoms with E-state index in [0.717, 1.165) is 5.56 Å². The van der Waals surface area contributed by atoms with E-state index in [0.29, 0.717) is 12.4 Å². The molecule has 2 aromatic rings. The standard InChI is InChI=1S/C14H13ClFNO/c15-12-8-11(6-7-13(12)16)18-9-14(17)10-4-2-1-3-5-10/h1-8,14H,9,17H2. The summed E-state index contributed by atoms with van der Waals surface area (Å²) in [5.41, 5.74) is 6.97. The van der Waals surface area contributed by atoms with Crippen molar-refractivity contribution in [1.82, 2.24) is 0 Å². The van der Waals surface area contributed by atoms with Crippen molar-refractivity contribution in [3.8, 4) is 5.75 Å². The SMILES string of the molecule is NC(COc1ccc(F)c(Cl)c1)c1ccccc1. The van der Waals surface area contributed by atoms with Gasteiger partial charge in [0, 0.05) is 6.07 Å². The minimum atomic E-state index is -0.462. The summed E-state index contributed by atoms with van der Waals surface area (Å²) in [5.74, 6) is 0.0455. The summed E-state index contributed by atoms with van der Waals surface area (Å²) < 4.78 is 18.4. The first-order valence-electron chi connectivity index (χ1n) is 5.55. The predicted molar refractivity (Wildman–Crippen MR) is 70.3 cm³/mol. The van der Waals surface area contributed by atoms with E-state index >= 15 is 0 Å². The zero-order chi connectivity index (χ0) is 13.0. The summed E-state index contributed by atoms with van der Waals surface area (Å²) in [5, 5.41) is 0.0424. The second-order valence-corrected chi connectivity index (χ2v) is 4.31. The topological polar surface area (TPSA) is 35.2 Å². The fourth-order valence-electron chi connectivity index (χ4n) is 1.55. The zero-order valence-corrected chi connectivity index (χ0v) is 10.4. The number of rotatable bonds is 4. The minimum absolute atomic E-state index is 0.0424. The van der Waals surface area contributed by atoms with Crippen LogP contribution in [0.3, 0.4) is 0 Å². The molecule has 4 heteroatoms. The highest BCUT2D eigenvalue weighted by Gasteiger charge is 2.07. The Kier molecular flexibility index (Phi) is 4.18. The number of halogens is 2. The van der Waals surface area contributed by atoms with Crippen LogP contribution in [-0.4, -0.2) is 6.61 Å². The molecule has 18 heavy (non-hydrogen) atoms. The van der Waals surface area contributed by atoms with Gasteiger partial charge < -0.3 is 10.5 Å². The van der Waals surface area contributed by atoms with Gasteiger partial charge >= 0.3 is 0 Å². The third kappa shape index (κ3) is 3.22. The van der Waals surface area contributed by atoms with Crippen molar-refractivity contribution in [3.63, 3.8) is 0 Å². The second-order valence-electron chi connectivity index (χ2n) is 3.90. The van der Waals surface area contributed by atoms with E-state index in [9.17, 15) is 4.39 Å². The van der Waals surface area contributed by atoms with Gasteiger partial charge in [0.2, 0.25) is 0 Å². The fraction of sp³-hybridized carbons (Fsp3) is 0.143. The van der Waals surface area contributed by atoms with Crippen LogP contribution < -0.4 is 10.5 Å². The highest BCUT2D eigenvalue weighted by atomic mass is 35.5. The lowest BCUT2D eigenvalue weighted by Gasteiger charge is -2.13. The van der Waals surface area contributed by atoms with E-state index in [1.54, 1.807) is 0 Å². The van der Waals surface area contributed by atoms with E-state index in [4.69, 9.17) is 22.1 Å². The number of hydrogen-bond donors (Lipinski definition) is 1. The molecule has 2 N–H and O–H groups in total. The lowest BCUT2D eigenvalue weighted by Crippen LogP contribution is -2.18. The molecule has 0 aliphatic rings. The Morgan fingerprint density at radius 1 is 1.17 bits per heavy atom. The quantitative estimate of drug-likeness (QED) is 0.917. The minimum Gasteiger partial charge on any atom is -0.492 e. The molecular formula is C14H13ClFNO. The molecule has 0 radical (unpaired) electrons. The largest absolute Gasteiger partial charge is 0.492 e. The van der Waals surface area contributed by atoms with Crippen LogP contribution in [0.1, 0.15) is 11.6 Å². The van der Waals surface area contributed by atoms with Crippen molar-refractivity contribution >= 4 is 11.6 Å². The van der Waals surface area contributed by atoms with Crippen LogP contribution in [-0.2, 0) is 0 Å². The van der Waals surface area contributed by atoms with Gasteiger partial charge in [-0.15, -0.1) is 0 Å². The third-order valence-electron chi connectivity index (χ3n) is 2.55. The Labute approximate surface area is 110 Å². The van der Waals surface area contributed by atoms with Gasteiger partial charge in [0.05, 0.1) is 11.1 Å². The molecule has 0 saturated heterocycles. The molecule has 0 amide bonds. The lowest BCUT2D eigenvalue weighted by atomic mass is 10.1. The van der Waals surface area contributed by atoms with Gasteiger partial charge in [-0.05, 0) is 17.7 Å². The van der Waals surface area contributed by atoms with Gasteiger partial charge in [-0.3, -0.25) is 0 Å². The summed E-state index contributed by atoms with van der Waals surface area (Å²) in [7, 11) is 0. The molecule has 94 valence electrons. The number of ether oxygens (including phenoxy) is 1. The molecule has 0 saturated carbocycles. The van der Waals surface area contributed by atoms with Crippen LogP contribution >= 0.6 is 11.6 Å². The first-order chi connectivity index (χ1) is 8.66. The molecule has 2 nitrogen and oxygen atoms in total. The summed E-state index contributed by atoms with van der Waals surface area (Å²) in [4.78, 5) is 0. The van der Waals surface area contributed by atoms with Crippen molar-refractivity contribution < 1.29 is 9.13 Å². The van der Waals surface area contributed by atoms with Gasteiger partial charge in [-0.25, -0.2) is 4.39 Å². The maximum Gasteiger partial charge on any atom is 0.142 e. The Bertz CT molecular complexity index is 518. The monoisotopic (exact) mass is 265 g/mol. The molecule has 1 unspecified atom stereocenters. The van der Waals surface area contributed by atoms with Crippen LogP contribution in [0.2, 0.25) is 5.02 Å². The molecular weight excluding hydrogens is 253 g/mol. The average molecular weight is 266 g/mol. The molecule has 0 bridgehead atoms. The highest BCUT2D eigenvalue weighted by molar-refractivity contribution is 6.30.